The van der Waals surface area contributed by atoms with Crippen LogP contribution in [0.15, 0.2) is 23.3 Å². The van der Waals surface area contributed by atoms with Gasteiger partial charge in [0.25, 0.3) is 0 Å². The molecular formula is C13H20O3. The molecule has 0 amide bonds. The number of hydrogen-bond acceptors (Lipinski definition) is 3. The molecule has 0 unspecified atom stereocenters. The van der Waals surface area contributed by atoms with Gasteiger partial charge in [-0.2, -0.15) is 0 Å². The molecule has 0 rings (SSSR count). The van der Waals surface area contributed by atoms with Crippen molar-refractivity contribution >= 4 is 11.8 Å². The van der Waals surface area contributed by atoms with Crippen molar-refractivity contribution in [1.29, 1.82) is 0 Å². The lowest BCUT2D eigenvalue weighted by Crippen LogP contribution is -2.10. The molecule has 0 saturated heterocycles. The summed E-state index contributed by atoms with van der Waals surface area (Å²) in [5, 5.41) is 0. The third-order valence-electron chi connectivity index (χ3n) is 2.22. The van der Waals surface area contributed by atoms with Crippen molar-refractivity contribution in [1.82, 2.24) is 0 Å². The van der Waals surface area contributed by atoms with E-state index in [1.807, 2.05) is 13.8 Å². The average molecular weight is 224 g/mol. The van der Waals surface area contributed by atoms with Gasteiger partial charge in [0.2, 0.25) is 0 Å². The maximum atomic E-state index is 11.5. The van der Waals surface area contributed by atoms with Crippen LogP contribution >= 0.6 is 0 Å². The van der Waals surface area contributed by atoms with Crippen LogP contribution in [-0.2, 0) is 14.3 Å². The van der Waals surface area contributed by atoms with E-state index in [-0.39, 0.29) is 5.78 Å². The minimum absolute atomic E-state index is 0.107. The maximum absolute atomic E-state index is 11.5. The summed E-state index contributed by atoms with van der Waals surface area (Å²) < 4.78 is 4.88. The molecular weight excluding hydrogens is 204 g/mol. The fraction of sp³-hybridized carbons (Fsp3) is 0.538. The standard InChI is InChI=1S/C13H20O3/c1-6-16-13(15)11(5)12(9(2)3)8-7-10(4)14/h5-8H2,1-4H3. The van der Waals surface area contributed by atoms with Crippen LogP contribution in [0, 0.1) is 0 Å². The Morgan fingerprint density at radius 1 is 1.12 bits per heavy atom. The molecule has 3 heteroatoms. The summed E-state index contributed by atoms with van der Waals surface area (Å²) in [7, 11) is 0. The molecule has 0 aliphatic carbocycles. The first-order valence-corrected chi connectivity index (χ1v) is 5.42. The van der Waals surface area contributed by atoms with E-state index >= 15 is 0 Å². The Morgan fingerprint density at radius 2 is 1.69 bits per heavy atom. The molecule has 0 fully saturated rings. The molecule has 0 N–H and O–H groups in total. The van der Waals surface area contributed by atoms with E-state index < -0.39 is 5.97 Å². The van der Waals surface area contributed by atoms with Gasteiger partial charge in [-0.25, -0.2) is 4.79 Å². The number of carbonyl (C=O) groups excluding carboxylic acids is 2. The SMILES string of the molecule is C=C(C(=O)OCC)C(CCC(C)=O)=C(C)C. The van der Waals surface area contributed by atoms with Crippen molar-refractivity contribution in [3.05, 3.63) is 23.3 Å². The van der Waals surface area contributed by atoms with Crippen LogP contribution in [0.3, 0.4) is 0 Å². The highest BCUT2D eigenvalue weighted by atomic mass is 16.5. The van der Waals surface area contributed by atoms with Gasteiger partial charge in [0, 0.05) is 6.42 Å². The fourth-order valence-corrected chi connectivity index (χ4v) is 1.35. The molecule has 0 aromatic heterocycles. The number of allylic oxidation sites excluding steroid dienone is 1. The number of esters is 1. The molecule has 0 aliphatic heterocycles. The van der Waals surface area contributed by atoms with Crippen LogP contribution in [0.5, 0.6) is 0 Å². The molecule has 16 heavy (non-hydrogen) atoms. The van der Waals surface area contributed by atoms with Gasteiger partial charge in [-0.1, -0.05) is 12.2 Å². The van der Waals surface area contributed by atoms with Crippen molar-refractivity contribution in [3.8, 4) is 0 Å². The molecule has 0 aromatic rings. The number of ketones is 1. The van der Waals surface area contributed by atoms with Crippen LogP contribution in [0.4, 0.5) is 0 Å². The molecule has 0 aromatic carbocycles. The van der Waals surface area contributed by atoms with Gasteiger partial charge in [-0.15, -0.1) is 0 Å². The Kier molecular flexibility index (Phi) is 6.38. The summed E-state index contributed by atoms with van der Waals surface area (Å²) in [6.07, 6.45) is 0.980. The van der Waals surface area contributed by atoms with E-state index in [4.69, 9.17) is 4.74 Å². The first kappa shape index (κ1) is 14.6. The minimum atomic E-state index is -0.401. The highest BCUT2D eigenvalue weighted by Crippen LogP contribution is 2.20. The zero-order valence-electron chi connectivity index (χ0n) is 10.6. The Bertz CT molecular complexity index is 320. The Balaban J connectivity index is 4.69. The molecule has 0 radical (unpaired) electrons. The van der Waals surface area contributed by atoms with Crippen LogP contribution in [0.2, 0.25) is 0 Å². The highest BCUT2D eigenvalue weighted by Gasteiger charge is 2.14. The molecule has 0 saturated carbocycles. The van der Waals surface area contributed by atoms with Crippen LogP contribution in [0.1, 0.15) is 40.5 Å². The van der Waals surface area contributed by atoms with E-state index in [1.165, 1.54) is 6.92 Å². The zero-order chi connectivity index (χ0) is 12.7. The number of hydrogen-bond donors (Lipinski definition) is 0. The van der Waals surface area contributed by atoms with Crippen LogP contribution in [0.25, 0.3) is 0 Å². The molecule has 0 heterocycles. The second-order valence-corrected chi connectivity index (χ2v) is 3.88. The van der Waals surface area contributed by atoms with E-state index in [0.29, 0.717) is 25.0 Å². The van der Waals surface area contributed by atoms with Gasteiger partial charge in [0.15, 0.2) is 0 Å². The lowest BCUT2D eigenvalue weighted by molar-refractivity contribution is -0.138. The monoisotopic (exact) mass is 224 g/mol. The largest absolute Gasteiger partial charge is 0.462 e. The van der Waals surface area contributed by atoms with Gasteiger partial charge < -0.3 is 9.53 Å². The smallest absolute Gasteiger partial charge is 0.337 e. The third-order valence-corrected chi connectivity index (χ3v) is 2.22. The fourth-order valence-electron chi connectivity index (χ4n) is 1.35. The first-order chi connectivity index (χ1) is 7.40. The topological polar surface area (TPSA) is 43.4 Å². The van der Waals surface area contributed by atoms with Crippen LogP contribution < -0.4 is 0 Å². The maximum Gasteiger partial charge on any atom is 0.337 e. The number of ether oxygens (including phenoxy) is 1. The normalized spacial score (nSPS) is 9.50. The third kappa shape index (κ3) is 4.91. The lowest BCUT2D eigenvalue weighted by Gasteiger charge is -2.11. The van der Waals surface area contributed by atoms with E-state index in [1.54, 1.807) is 6.92 Å². The van der Waals surface area contributed by atoms with Crippen LogP contribution in [-0.4, -0.2) is 18.4 Å². The van der Waals surface area contributed by atoms with E-state index in [9.17, 15) is 9.59 Å². The van der Waals surface area contributed by atoms with Crippen molar-refractivity contribution < 1.29 is 14.3 Å². The summed E-state index contributed by atoms with van der Waals surface area (Å²) in [6.45, 7) is 11.2. The van der Waals surface area contributed by atoms with Crippen molar-refractivity contribution in [3.63, 3.8) is 0 Å². The summed E-state index contributed by atoms with van der Waals surface area (Å²) in [6, 6.07) is 0. The average Bonchev–Trinajstić information content (AvgIpc) is 2.17. The predicted molar refractivity (Wildman–Crippen MR) is 64.1 cm³/mol. The van der Waals surface area contributed by atoms with Gasteiger partial charge in [-0.05, 0) is 39.7 Å². The zero-order valence-corrected chi connectivity index (χ0v) is 10.6. The number of Topliss-reactive ketones (excluding diaryl/α,β-unsaturated/α-hetero) is 1. The Hall–Kier alpha value is -1.38. The Labute approximate surface area is 97.2 Å². The second-order valence-electron chi connectivity index (χ2n) is 3.88. The Morgan fingerprint density at radius 3 is 2.06 bits per heavy atom. The van der Waals surface area contributed by atoms with Gasteiger partial charge >= 0.3 is 5.97 Å². The van der Waals surface area contributed by atoms with Gasteiger partial charge in [0.1, 0.15) is 5.78 Å². The number of carbonyl (C=O) groups is 2. The van der Waals surface area contributed by atoms with E-state index in [0.717, 1.165) is 11.1 Å². The van der Waals surface area contributed by atoms with Crippen molar-refractivity contribution in [2.45, 2.75) is 40.5 Å². The molecule has 0 spiro atoms. The summed E-state index contributed by atoms with van der Waals surface area (Å²) >= 11 is 0. The van der Waals surface area contributed by atoms with Gasteiger partial charge in [-0.3, -0.25) is 0 Å². The molecule has 3 nitrogen and oxygen atoms in total. The lowest BCUT2D eigenvalue weighted by atomic mass is 9.97. The summed E-state index contributed by atoms with van der Waals surface area (Å²) in [5.41, 5.74) is 2.19. The van der Waals surface area contributed by atoms with Crippen molar-refractivity contribution in [2.75, 3.05) is 6.61 Å². The quantitative estimate of drug-likeness (QED) is 0.396. The summed E-state index contributed by atoms with van der Waals surface area (Å²) in [5.74, 6) is -0.294. The molecule has 0 atom stereocenters. The van der Waals surface area contributed by atoms with Gasteiger partial charge in [0.05, 0.1) is 12.2 Å². The van der Waals surface area contributed by atoms with E-state index in [2.05, 4.69) is 6.58 Å². The second kappa shape index (κ2) is 6.99. The molecule has 90 valence electrons. The highest BCUT2D eigenvalue weighted by molar-refractivity contribution is 5.93. The number of rotatable bonds is 6. The molecule has 0 aliphatic rings. The minimum Gasteiger partial charge on any atom is -0.462 e. The predicted octanol–water partition coefficient (Wildman–Crippen LogP) is 2.81. The van der Waals surface area contributed by atoms with Crippen molar-refractivity contribution in [2.24, 2.45) is 0 Å². The summed E-state index contributed by atoms with van der Waals surface area (Å²) in [4.78, 5) is 22.4. The molecule has 0 bridgehead atoms. The first-order valence-electron chi connectivity index (χ1n) is 5.42.